The molecule has 0 fully saturated rings. The van der Waals surface area contributed by atoms with Gasteiger partial charge in [0.05, 0.1) is 40.2 Å². The van der Waals surface area contributed by atoms with Gasteiger partial charge in [-0.05, 0) is 55.1 Å². The molecule has 4 aromatic rings. The molecule has 0 saturated heterocycles. The summed E-state index contributed by atoms with van der Waals surface area (Å²) in [5.41, 5.74) is 2.77. The number of fused-ring (bicyclic) bond motifs is 1. The third-order valence-corrected chi connectivity index (χ3v) is 5.27. The van der Waals surface area contributed by atoms with Crippen LogP contribution in [0.15, 0.2) is 66.2 Å². The van der Waals surface area contributed by atoms with Gasteiger partial charge in [-0.1, -0.05) is 0 Å². The van der Waals surface area contributed by atoms with Crippen molar-refractivity contribution in [3.05, 3.63) is 78.1 Å². The van der Waals surface area contributed by atoms with Crippen molar-refractivity contribution in [1.29, 1.82) is 0 Å². The fourth-order valence-electron chi connectivity index (χ4n) is 3.07. The average Bonchev–Trinajstić information content (AvgIpc) is 3.18. The summed E-state index contributed by atoms with van der Waals surface area (Å²) < 4.78 is 14.9. The maximum atomic E-state index is 13.2. The molecule has 3 heterocycles. The Kier molecular flexibility index (Phi) is 5.26. The first kappa shape index (κ1) is 19.1. The van der Waals surface area contributed by atoms with Crippen LogP contribution in [0, 0.1) is 5.82 Å². The predicted octanol–water partition coefficient (Wildman–Crippen LogP) is 4.17. The van der Waals surface area contributed by atoms with Gasteiger partial charge in [-0.2, -0.15) is 5.10 Å². The van der Waals surface area contributed by atoms with Crippen molar-refractivity contribution < 1.29 is 9.18 Å². The normalized spacial score (nSPS) is 12.1. The molecule has 0 aliphatic heterocycles. The number of halogens is 1. The summed E-state index contributed by atoms with van der Waals surface area (Å²) in [5.74, 6) is -0.560. The summed E-state index contributed by atoms with van der Waals surface area (Å²) in [6.07, 6.45) is 8.48. The first-order chi connectivity index (χ1) is 14.1. The number of pyridine rings is 2. The molecule has 1 atom stereocenters. The molecule has 1 amide bonds. The molecule has 1 unspecified atom stereocenters. The molecule has 8 heteroatoms. The lowest BCUT2D eigenvalue weighted by molar-refractivity contribution is 0.0941. The van der Waals surface area contributed by atoms with E-state index in [1.54, 1.807) is 47.2 Å². The Bertz CT molecular complexity index is 1180. The minimum atomic E-state index is -0.321. The van der Waals surface area contributed by atoms with Gasteiger partial charge < -0.3 is 5.32 Å². The summed E-state index contributed by atoms with van der Waals surface area (Å²) in [4.78, 5) is 21.4. The van der Waals surface area contributed by atoms with E-state index in [9.17, 15) is 9.18 Å². The Morgan fingerprint density at radius 2 is 1.97 bits per heavy atom. The second kappa shape index (κ2) is 8.00. The van der Waals surface area contributed by atoms with E-state index in [-0.39, 0.29) is 17.8 Å². The second-order valence-corrected chi connectivity index (χ2v) is 7.31. The topological polar surface area (TPSA) is 72.7 Å². The lowest BCUT2D eigenvalue weighted by Crippen LogP contribution is -2.27. The SMILES string of the molecule is CSc1cc(C(C)NC(=O)c2cncc3c2cnn3-c2ccc(F)cc2)ccn1. The van der Waals surface area contributed by atoms with E-state index in [2.05, 4.69) is 20.4 Å². The fourth-order valence-corrected chi connectivity index (χ4v) is 3.49. The maximum absolute atomic E-state index is 13.2. The number of rotatable bonds is 5. The monoisotopic (exact) mass is 407 g/mol. The van der Waals surface area contributed by atoms with Crippen LogP contribution in [0.2, 0.25) is 0 Å². The zero-order chi connectivity index (χ0) is 20.4. The molecule has 1 N–H and O–H groups in total. The third kappa shape index (κ3) is 3.84. The minimum absolute atomic E-state index is 0.196. The smallest absolute Gasteiger partial charge is 0.254 e. The van der Waals surface area contributed by atoms with Crippen LogP contribution in [-0.2, 0) is 0 Å². The van der Waals surface area contributed by atoms with E-state index in [0.717, 1.165) is 10.6 Å². The molecule has 146 valence electrons. The van der Waals surface area contributed by atoms with Crippen LogP contribution < -0.4 is 5.32 Å². The zero-order valence-corrected chi connectivity index (χ0v) is 16.7. The molecule has 29 heavy (non-hydrogen) atoms. The van der Waals surface area contributed by atoms with E-state index in [4.69, 9.17) is 0 Å². The maximum Gasteiger partial charge on any atom is 0.254 e. The Labute approximate surface area is 171 Å². The number of carbonyl (C=O) groups excluding carboxylic acids is 1. The molecule has 1 aromatic carbocycles. The van der Waals surface area contributed by atoms with Crippen molar-refractivity contribution in [2.45, 2.75) is 18.0 Å². The van der Waals surface area contributed by atoms with Crippen LogP contribution in [0.4, 0.5) is 4.39 Å². The zero-order valence-electron chi connectivity index (χ0n) is 15.8. The van der Waals surface area contributed by atoms with Crippen molar-refractivity contribution in [2.75, 3.05) is 6.26 Å². The van der Waals surface area contributed by atoms with Crippen LogP contribution in [0.3, 0.4) is 0 Å². The van der Waals surface area contributed by atoms with Crippen molar-refractivity contribution in [1.82, 2.24) is 25.1 Å². The summed E-state index contributed by atoms with van der Waals surface area (Å²) in [6, 6.07) is 9.64. The molecule has 4 rings (SSSR count). The van der Waals surface area contributed by atoms with Gasteiger partial charge in [0.1, 0.15) is 5.82 Å². The highest BCUT2D eigenvalue weighted by Gasteiger charge is 2.17. The molecule has 6 nitrogen and oxygen atoms in total. The van der Waals surface area contributed by atoms with Gasteiger partial charge in [0.2, 0.25) is 0 Å². The summed E-state index contributed by atoms with van der Waals surface area (Å²) in [5, 5.41) is 8.94. The molecular formula is C21H18FN5OS. The Balaban J connectivity index is 1.63. The Morgan fingerprint density at radius 3 is 2.72 bits per heavy atom. The Hall–Kier alpha value is -3.26. The number of hydrogen-bond acceptors (Lipinski definition) is 5. The molecular weight excluding hydrogens is 389 g/mol. The molecule has 3 aromatic heterocycles. The number of hydrogen-bond donors (Lipinski definition) is 1. The van der Waals surface area contributed by atoms with Crippen molar-refractivity contribution in [3.63, 3.8) is 0 Å². The van der Waals surface area contributed by atoms with Crippen LogP contribution in [0.25, 0.3) is 16.6 Å². The number of amides is 1. The van der Waals surface area contributed by atoms with E-state index in [0.29, 0.717) is 22.2 Å². The summed E-state index contributed by atoms with van der Waals surface area (Å²) >= 11 is 1.55. The summed E-state index contributed by atoms with van der Waals surface area (Å²) in [6.45, 7) is 1.92. The lowest BCUT2D eigenvalue weighted by atomic mass is 10.1. The molecule has 0 spiro atoms. The minimum Gasteiger partial charge on any atom is -0.345 e. The first-order valence-electron chi connectivity index (χ1n) is 8.95. The highest BCUT2D eigenvalue weighted by atomic mass is 32.2. The van der Waals surface area contributed by atoms with E-state index in [1.807, 2.05) is 25.3 Å². The molecule has 0 radical (unpaired) electrons. The Morgan fingerprint density at radius 1 is 1.17 bits per heavy atom. The van der Waals surface area contributed by atoms with Crippen molar-refractivity contribution >= 4 is 28.6 Å². The van der Waals surface area contributed by atoms with Crippen LogP contribution in [-0.4, -0.2) is 31.9 Å². The summed E-state index contributed by atoms with van der Waals surface area (Å²) in [7, 11) is 0. The third-order valence-electron chi connectivity index (χ3n) is 4.63. The average molecular weight is 407 g/mol. The predicted molar refractivity (Wildman–Crippen MR) is 111 cm³/mol. The van der Waals surface area contributed by atoms with Crippen LogP contribution in [0.5, 0.6) is 0 Å². The van der Waals surface area contributed by atoms with Crippen LogP contribution >= 0.6 is 11.8 Å². The highest BCUT2D eigenvalue weighted by Crippen LogP contribution is 2.23. The van der Waals surface area contributed by atoms with Crippen molar-refractivity contribution in [2.24, 2.45) is 0 Å². The van der Waals surface area contributed by atoms with E-state index >= 15 is 0 Å². The molecule has 0 bridgehead atoms. The van der Waals surface area contributed by atoms with Gasteiger partial charge >= 0.3 is 0 Å². The molecule has 0 aliphatic carbocycles. The number of carbonyl (C=O) groups is 1. The lowest BCUT2D eigenvalue weighted by Gasteiger charge is -2.15. The largest absolute Gasteiger partial charge is 0.345 e. The number of thioether (sulfide) groups is 1. The fraction of sp³-hybridized carbons (Fsp3) is 0.143. The van der Waals surface area contributed by atoms with Crippen LogP contribution in [0.1, 0.15) is 28.9 Å². The van der Waals surface area contributed by atoms with E-state index in [1.165, 1.54) is 18.3 Å². The first-order valence-corrected chi connectivity index (χ1v) is 10.2. The number of benzene rings is 1. The highest BCUT2D eigenvalue weighted by molar-refractivity contribution is 7.98. The van der Waals surface area contributed by atoms with Gasteiger partial charge in [0.25, 0.3) is 5.91 Å². The standard InChI is InChI=1S/C21H18FN5OS/c1-13(14-7-8-24-20(9-14)29-2)26-21(28)18-10-23-12-19-17(18)11-25-27(19)16-5-3-15(22)4-6-16/h3-13H,1-2H3,(H,26,28). The number of nitrogens with zero attached hydrogens (tertiary/aromatic N) is 4. The molecule has 0 aliphatic rings. The van der Waals surface area contributed by atoms with Gasteiger partial charge in [0, 0.05) is 17.8 Å². The van der Waals surface area contributed by atoms with Crippen molar-refractivity contribution in [3.8, 4) is 5.69 Å². The molecule has 0 saturated carbocycles. The number of aromatic nitrogens is 4. The second-order valence-electron chi connectivity index (χ2n) is 6.48. The van der Waals surface area contributed by atoms with Gasteiger partial charge in [-0.25, -0.2) is 14.1 Å². The quantitative estimate of drug-likeness (QED) is 0.503. The van der Waals surface area contributed by atoms with E-state index < -0.39 is 0 Å². The van der Waals surface area contributed by atoms with Gasteiger partial charge in [-0.3, -0.25) is 9.78 Å². The van der Waals surface area contributed by atoms with Gasteiger partial charge in [0.15, 0.2) is 0 Å². The van der Waals surface area contributed by atoms with Gasteiger partial charge in [-0.15, -0.1) is 11.8 Å². The number of nitrogens with one attached hydrogen (secondary N) is 1.